The van der Waals surface area contributed by atoms with E-state index in [0.717, 1.165) is 12.1 Å². The van der Waals surface area contributed by atoms with Gasteiger partial charge in [-0.2, -0.15) is 5.10 Å². The minimum atomic E-state index is -0.194. The van der Waals surface area contributed by atoms with Crippen LogP contribution in [0.4, 0.5) is 0 Å². The molecule has 1 aliphatic rings. The van der Waals surface area contributed by atoms with Crippen LogP contribution in [0.2, 0.25) is 0 Å². The summed E-state index contributed by atoms with van der Waals surface area (Å²) >= 11 is 0. The number of amides is 2. The molecule has 2 rings (SSSR count). The first-order chi connectivity index (χ1) is 7.19. The number of hydrogen-bond donors (Lipinski definition) is 1. The topological polar surface area (TPSA) is 64.0 Å². The first kappa shape index (κ1) is 9.89. The highest BCUT2D eigenvalue weighted by Gasteiger charge is 2.26. The van der Waals surface area contributed by atoms with Gasteiger partial charge in [-0.1, -0.05) is 0 Å². The zero-order chi connectivity index (χ0) is 10.8. The number of nitrogens with zero attached hydrogens (tertiary/aromatic N) is 2. The number of aromatic nitrogens is 2. The van der Waals surface area contributed by atoms with Gasteiger partial charge in [0.25, 0.3) is 0 Å². The van der Waals surface area contributed by atoms with Gasteiger partial charge in [-0.05, 0) is 12.5 Å². The molecule has 1 N–H and O–H groups in total. The van der Waals surface area contributed by atoms with E-state index in [9.17, 15) is 9.59 Å². The Morgan fingerprint density at radius 1 is 1.47 bits per heavy atom. The largest absolute Gasteiger partial charge is 0.296 e. The van der Waals surface area contributed by atoms with E-state index in [1.165, 1.54) is 0 Å². The molecular weight excluding hydrogens is 194 g/mol. The third-order valence-corrected chi connectivity index (χ3v) is 2.59. The second kappa shape index (κ2) is 3.84. The number of hydrogen-bond acceptors (Lipinski definition) is 3. The van der Waals surface area contributed by atoms with Crippen molar-refractivity contribution in [1.29, 1.82) is 0 Å². The molecule has 0 atom stereocenters. The molecule has 0 saturated carbocycles. The Labute approximate surface area is 87.5 Å². The summed E-state index contributed by atoms with van der Waals surface area (Å²) in [6.07, 6.45) is 4.39. The zero-order valence-electron chi connectivity index (χ0n) is 8.56. The van der Waals surface area contributed by atoms with Gasteiger partial charge in [0.2, 0.25) is 11.8 Å². The molecule has 1 fully saturated rings. The highest BCUT2D eigenvalue weighted by molar-refractivity contribution is 5.98. The van der Waals surface area contributed by atoms with Crippen molar-refractivity contribution < 1.29 is 9.59 Å². The maximum atomic E-state index is 11.2. The van der Waals surface area contributed by atoms with Crippen molar-refractivity contribution in [2.75, 3.05) is 0 Å². The molecule has 0 radical (unpaired) electrons. The molecule has 5 heteroatoms. The van der Waals surface area contributed by atoms with Crippen LogP contribution in [-0.4, -0.2) is 21.6 Å². The maximum absolute atomic E-state index is 11.2. The first-order valence-electron chi connectivity index (χ1n) is 5.04. The lowest BCUT2D eigenvalue weighted by Crippen LogP contribution is -2.37. The van der Waals surface area contributed by atoms with E-state index < -0.39 is 0 Å². The van der Waals surface area contributed by atoms with Gasteiger partial charge in [-0.3, -0.25) is 19.6 Å². The number of carbonyl (C=O) groups excluding carboxylic acids is 2. The predicted molar refractivity (Wildman–Crippen MR) is 53.0 cm³/mol. The predicted octanol–water partition coefficient (Wildman–Crippen LogP) is 0.423. The van der Waals surface area contributed by atoms with Crippen molar-refractivity contribution >= 4 is 11.8 Å². The summed E-state index contributed by atoms with van der Waals surface area (Å²) in [5.74, 6) is -0.396. The smallest absolute Gasteiger partial charge is 0.227 e. The summed E-state index contributed by atoms with van der Waals surface area (Å²) in [7, 11) is 0. The molecule has 1 aromatic rings. The minimum Gasteiger partial charge on any atom is -0.296 e. The average molecular weight is 207 g/mol. The van der Waals surface area contributed by atoms with Crippen LogP contribution in [0.3, 0.4) is 0 Å². The number of piperidine rings is 1. The summed E-state index contributed by atoms with van der Waals surface area (Å²) < 4.78 is 1.80. The van der Waals surface area contributed by atoms with Crippen LogP contribution in [0, 0.1) is 0 Å². The lowest BCUT2D eigenvalue weighted by Gasteiger charge is -2.19. The van der Waals surface area contributed by atoms with Crippen molar-refractivity contribution in [1.82, 2.24) is 15.1 Å². The van der Waals surface area contributed by atoms with Gasteiger partial charge in [0.1, 0.15) is 0 Å². The van der Waals surface area contributed by atoms with Crippen molar-refractivity contribution in [3.05, 3.63) is 18.0 Å². The van der Waals surface area contributed by atoms with E-state index in [4.69, 9.17) is 0 Å². The molecule has 1 aliphatic heterocycles. The molecule has 80 valence electrons. The van der Waals surface area contributed by atoms with Crippen LogP contribution in [-0.2, 0) is 16.1 Å². The molecule has 0 spiro atoms. The van der Waals surface area contributed by atoms with E-state index in [2.05, 4.69) is 10.4 Å². The number of aryl methyl sites for hydroxylation is 1. The number of carbonyl (C=O) groups is 2. The van der Waals surface area contributed by atoms with Crippen molar-refractivity contribution in [3.8, 4) is 0 Å². The summed E-state index contributed by atoms with van der Waals surface area (Å²) in [5.41, 5.74) is 0.972. The molecule has 0 unspecified atom stereocenters. The fraction of sp³-hybridized carbons (Fsp3) is 0.500. The van der Waals surface area contributed by atoms with Crippen LogP contribution in [0.25, 0.3) is 0 Å². The Kier molecular flexibility index (Phi) is 2.53. The van der Waals surface area contributed by atoms with E-state index in [1.807, 2.05) is 13.1 Å². The number of imide groups is 1. The number of rotatable bonds is 2. The highest BCUT2D eigenvalue weighted by atomic mass is 16.2. The van der Waals surface area contributed by atoms with Crippen LogP contribution >= 0.6 is 0 Å². The Morgan fingerprint density at radius 3 is 2.67 bits per heavy atom. The molecule has 2 heterocycles. The van der Waals surface area contributed by atoms with E-state index in [0.29, 0.717) is 12.8 Å². The van der Waals surface area contributed by atoms with E-state index in [1.54, 1.807) is 10.9 Å². The van der Waals surface area contributed by atoms with Crippen LogP contribution in [0.1, 0.15) is 31.2 Å². The van der Waals surface area contributed by atoms with Gasteiger partial charge >= 0.3 is 0 Å². The van der Waals surface area contributed by atoms with Crippen molar-refractivity contribution in [2.45, 2.75) is 32.2 Å². The molecular formula is C10H13N3O2. The van der Waals surface area contributed by atoms with Crippen LogP contribution < -0.4 is 5.32 Å². The highest BCUT2D eigenvalue weighted by Crippen LogP contribution is 2.25. The Bertz CT molecular complexity index is 381. The average Bonchev–Trinajstić information content (AvgIpc) is 2.64. The normalized spacial score (nSPS) is 17.9. The second-order valence-corrected chi connectivity index (χ2v) is 3.71. The molecule has 0 bridgehead atoms. The summed E-state index contributed by atoms with van der Waals surface area (Å²) in [5, 5.41) is 6.43. The van der Waals surface area contributed by atoms with Crippen molar-refractivity contribution in [3.63, 3.8) is 0 Å². The lowest BCUT2D eigenvalue weighted by molar-refractivity contribution is -0.133. The standard InChI is InChI=1S/C10H13N3O2/c1-2-13-6-8(5-11-13)7-3-9(14)12-10(15)4-7/h5-7H,2-4H2,1H3,(H,12,14,15). The third kappa shape index (κ3) is 2.06. The zero-order valence-corrected chi connectivity index (χ0v) is 8.56. The van der Waals surface area contributed by atoms with Crippen molar-refractivity contribution in [2.24, 2.45) is 0 Å². The summed E-state index contributed by atoms with van der Waals surface area (Å²) in [6.45, 7) is 2.79. The molecule has 15 heavy (non-hydrogen) atoms. The molecule has 2 amide bonds. The molecule has 1 aromatic heterocycles. The lowest BCUT2D eigenvalue weighted by atomic mass is 9.92. The van der Waals surface area contributed by atoms with Gasteiger partial charge in [-0.25, -0.2) is 0 Å². The molecule has 5 nitrogen and oxygen atoms in total. The molecule has 0 aromatic carbocycles. The minimum absolute atomic E-state index is 0.00782. The second-order valence-electron chi connectivity index (χ2n) is 3.71. The Hall–Kier alpha value is -1.65. The number of nitrogens with one attached hydrogen (secondary N) is 1. The van der Waals surface area contributed by atoms with Gasteiger partial charge < -0.3 is 0 Å². The van der Waals surface area contributed by atoms with Gasteiger partial charge in [0.15, 0.2) is 0 Å². The fourth-order valence-electron chi connectivity index (χ4n) is 1.78. The van der Waals surface area contributed by atoms with E-state index in [-0.39, 0.29) is 17.7 Å². The Morgan fingerprint density at radius 2 is 2.13 bits per heavy atom. The van der Waals surface area contributed by atoms with Crippen LogP contribution in [0.15, 0.2) is 12.4 Å². The third-order valence-electron chi connectivity index (χ3n) is 2.59. The fourth-order valence-corrected chi connectivity index (χ4v) is 1.78. The van der Waals surface area contributed by atoms with Gasteiger partial charge in [-0.15, -0.1) is 0 Å². The first-order valence-corrected chi connectivity index (χ1v) is 5.04. The Balaban J connectivity index is 2.15. The maximum Gasteiger partial charge on any atom is 0.227 e. The van der Waals surface area contributed by atoms with E-state index >= 15 is 0 Å². The summed E-state index contributed by atoms with van der Waals surface area (Å²) in [6, 6.07) is 0. The SMILES string of the molecule is CCn1cc(C2CC(=O)NC(=O)C2)cn1. The molecule has 1 saturated heterocycles. The summed E-state index contributed by atoms with van der Waals surface area (Å²) in [4.78, 5) is 22.3. The van der Waals surface area contributed by atoms with Gasteiger partial charge in [0.05, 0.1) is 6.20 Å². The van der Waals surface area contributed by atoms with Gasteiger partial charge in [0, 0.05) is 31.5 Å². The quantitative estimate of drug-likeness (QED) is 0.715. The van der Waals surface area contributed by atoms with Crippen LogP contribution in [0.5, 0.6) is 0 Å². The molecule has 0 aliphatic carbocycles. The monoisotopic (exact) mass is 207 g/mol.